The van der Waals surface area contributed by atoms with Crippen molar-refractivity contribution in [3.63, 3.8) is 0 Å². The van der Waals surface area contributed by atoms with Crippen LogP contribution in [0.4, 0.5) is 0 Å². The molecule has 0 aromatic rings. The Balaban J connectivity index is 3.34. The summed E-state index contributed by atoms with van der Waals surface area (Å²) in [5.41, 5.74) is 6.81. The molecule has 2 N–H and O–H groups in total. The van der Waals surface area contributed by atoms with Gasteiger partial charge in [-0.25, -0.2) is 0 Å². The highest BCUT2D eigenvalue weighted by molar-refractivity contribution is 4.88. The maximum atomic E-state index is 5.54. The number of rotatable bonds is 5. The first-order valence-corrected chi connectivity index (χ1v) is 4.05. The zero-order valence-electron chi connectivity index (χ0n) is 7.19. The van der Waals surface area contributed by atoms with Gasteiger partial charge in [-0.15, -0.1) is 6.58 Å². The van der Waals surface area contributed by atoms with Crippen molar-refractivity contribution in [2.24, 2.45) is 11.7 Å². The molecule has 1 atom stereocenters. The Labute approximate surface area is 64.3 Å². The lowest BCUT2D eigenvalue weighted by molar-refractivity contribution is 0.481. The van der Waals surface area contributed by atoms with E-state index < -0.39 is 0 Å². The van der Waals surface area contributed by atoms with Crippen molar-refractivity contribution >= 4 is 0 Å². The average molecular weight is 141 g/mol. The number of hydrogen-bond acceptors (Lipinski definition) is 1. The van der Waals surface area contributed by atoms with E-state index in [0.717, 1.165) is 13.0 Å². The van der Waals surface area contributed by atoms with Crippen LogP contribution in [0.2, 0.25) is 0 Å². The molecule has 0 saturated carbocycles. The topological polar surface area (TPSA) is 26.0 Å². The maximum absolute atomic E-state index is 5.54. The summed E-state index contributed by atoms with van der Waals surface area (Å²) in [5.74, 6) is 0.705. The predicted octanol–water partition coefficient (Wildman–Crippen LogP) is 2.33. The molecule has 1 nitrogen and oxygen atoms in total. The van der Waals surface area contributed by atoms with Gasteiger partial charge < -0.3 is 5.73 Å². The first kappa shape index (κ1) is 9.70. The number of hydrogen-bond donors (Lipinski definition) is 1. The molecule has 0 aliphatic rings. The van der Waals surface area contributed by atoms with Gasteiger partial charge >= 0.3 is 0 Å². The fourth-order valence-corrected chi connectivity index (χ4v) is 0.939. The van der Waals surface area contributed by atoms with Crippen molar-refractivity contribution < 1.29 is 0 Å². The third-order valence-electron chi connectivity index (χ3n) is 1.89. The third kappa shape index (κ3) is 4.57. The summed E-state index contributed by atoms with van der Waals surface area (Å²) in [7, 11) is 0. The Morgan fingerprint density at radius 2 is 2.20 bits per heavy atom. The highest BCUT2D eigenvalue weighted by Gasteiger charge is 2.01. The highest BCUT2D eigenvalue weighted by atomic mass is 14.5. The molecule has 0 heterocycles. The van der Waals surface area contributed by atoms with Crippen LogP contribution in [0.25, 0.3) is 0 Å². The minimum Gasteiger partial charge on any atom is -0.330 e. The fraction of sp³-hybridized carbons (Fsp3) is 0.778. The lowest BCUT2D eigenvalue weighted by Crippen LogP contribution is -2.13. The van der Waals surface area contributed by atoms with Gasteiger partial charge in [0, 0.05) is 0 Å². The molecule has 0 aromatic heterocycles. The van der Waals surface area contributed by atoms with E-state index in [1.54, 1.807) is 0 Å². The van der Waals surface area contributed by atoms with E-state index in [0.29, 0.717) is 5.92 Å². The first-order chi connectivity index (χ1) is 4.70. The van der Waals surface area contributed by atoms with E-state index in [4.69, 9.17) is 5.73 Å². The van der Waals surface area contributed by atoms with E-state index in [1.165, 1.54) is 18.4 Å². The summed E-state index contributed by atoms with van der Waals surface area (Å²) in [6.07, 6.45) is 3.54. The molecule has 10 heavy (non-hydrogen) atoms. The van der Waals surface area contributed by atoms with E-state index in [2.05, 4.69) is 20.4 Å². The number of nitrogens with two attached hydrogens (primary N) is 1. The zero-order chi connectivity index (χ0) is 7.98. The van der Waals surface area contributed by atoms with Gasteiger partial charge in [0.2, 0.25) is 0 Å². The maximum Gasteiger partial charge on any atom is -0.00489 e. The van der Waals surface area contributed by atoms with Crippen LogP contribution in [-0.4, -0.2) is 6.54 Å². The largest absolute Gasteiger partial charge is 0.330 e. The van der Waals surface area contributed by atoms with E-state index >= 15 is 0 Å². The van der Waals surface area contributed by atoms with Crippen molar-refractivity contribution in [1.82, 2.24) is 0 Å². The van der Waals surface area contributed by atoms with Gasteiger partial charge in [-0.05, 0) is 32.2 Å². The first-order valence-electron chi connectivity index (χ1n) is 4.05. The molecular formula is C9H19N. The van der Waals surface area contributed by atoms with Crippen molar-refractivity contribution in [3.05, 3.63) is 12.2 Å². The molecule has 0 aromatic carbocycles. The van der Waals surface area contributed by atoms with Gasteiger partial charge in [0.1, 0.15) is 0 Å². The minimum atomic E-state index is 0.705. The molecular weight excluding hydrogens is 122 g/mol. The standard InChI is InChI=1S/C9H19N/c1-4-9(7-10)6-5-8(2)3/h9H,2,4-7,10H2,1,3H3. The van der Waals surface area contributed by atoms with Crippen LogP contribution in [0.3, 0.4) is 0 Å². The molecule has 0 saturated heterocycles. The molecule has 0 aliphatic carbocycles. The smallest absolute Gasteiger partial charge is 0.00489 e. The molecule has 0 rings (SSSR count). The van der Waals surface area contributed by atoms with Gasteiger partial charge in [0.15, 0.2) is 0 Å². The Bertz CT molecular complexity index is 92.9. The molecule has 0 spiro atoms. The SMILES string of the molecule is C=C(C)CCC(CC)CN. The summed E-state index contributed by atoms with van der Waals surface area (Å²) in [6.45, 7) is 8.94. The summed E-state index contributed by atoms with van der Waals surface area (Å²) in [5, 5.41) is 0. The quantitative estimate of drug-likeness (QED) is 0.584. The van der Waals surface area contributed by atoms with Crippen molar-refractivity contribution in [2.45, 2.75) is 33.1 Å². The van der Waals surface area contributed by atoms with Crippen molar-refractivity contribution in [3.8, 4) is 0 Å². The van der Waals surface area contributed by atoms with Crippen molar-refractivity contribution in [1.29, 1.82) is 0 Å². The average Bonchev–Trinajstić information content (AvgIpc) is 1.90. The van der Waals surface area contributed by atoms with Crippen LogP contribution in [0.15, 0.2) is 12.2 Å². The highest BCUT2D eigenvalue weighted by Crippen LogP contribution is 2.12. The second-order valence-electron chi connectivity index (χ2n) is 3.01. The molecule has 0 amide bonds. The van der Waals surface area contributed by atoms with Crippen LogP contribution in [0, 0.1) is 5.92 Å². The predicted molar refractivity (Wildman–Crippen MR) is 46.9 cm³/mol. The zero-order valence-corrected chi connectivity index (χ0v) is 7.19. The molecule has 0 radical (unpaired) electrons. The molecule has 1 heteroatoms. The Hall–Kier alpha value is -0.300. The van der Waals surface area contributed by atoms with Crippen LogP contribution in [0.1, 0.15) is 33.1 Å². The van der Waals surface area contributed by atoms with Gasteiger partial charge in [0.05, 0.1) is 0 Å². The van der Waals surface area contributed by atoms with Gasteiger partial charge in [-0.2, -0.15) is 0 Å². The van der Waals surface area contributed by atoms with Gasteiger partial charge in [-0.3, -0.25) is 0 Å². The van der Waals surface area contributed by atoms with Gasteiger partial charge in [0.25, 0.3) is 0 Å². The Kier molecular flexibility index (Phi) is 5.32. The van der Waals surface area contributed by atoms with Crippen LogP contribution in [-0.2, 0) is 0 Å². The summed E-state index contributed by atoms with van der Waals surface area (Å²) >= 11 is 0. The third-order valence-corrected chi connectivity index (χ3v) is 1.89. The fourth-order valence-electron chi connectivity index (χ4n) is 0.939. The Morgan fingerprint density at radius 3 is 2.50 bits per heavy atom. The summed E-state index contributed by atoms with van der Waals surface area (Å²) < 4.78 is 0. The lowest BCUT2D eigenvalue weighted by Gasteiger charge is -2.10. The lowest BCUT2D eigenvalue weighted by atomic mass is 9.98. The Morgan fingerprint density at radius 1 is 1.60 bits per heavy atom. The normalized spacial score (nSPS) is 13.1. The monoisotopic (exact) mass is 141 g/mol. The second kappa shape index (κ2) is 5.48. The number of allylic oxidation sites excluding steroid dienone is 1. The van der Waals surface area contributed by atoms with Gasteiger partial charge in [-0.1, -0.05) is 18.9 Å². The molecule has 0 aliphatic heterocycles. The molecule has 60 valence electrons. The van der Waals surface area contributed by atoms with Crippen LogP contribution < -0.4 is 5.73 Å². The molecule has 0 bridgehead atoms. The summed E-state index contributed by atoms with van der Waals surface area (Å²) in [4.78, 5) is 0. The molecule has 0 fully saturated rings. The summed E-state index contributed by atoms with van der Waals surface area (Å²) in [6, 6.07) is 0. The van der Waals surface area contributed by atoms with E-state index in [-0.39, 0.29) is 0 Å². The van der Waals surface area contributed by atoms with Crippen molar-refractivity contribution in [2.75, 3.05) is 6.54 Å². The second-order valence-corrected chi connectivity index (χ2v) is 3.01. The van der Waals surface area contributed by atoms with Crippen LogP contribution >= 0.6 is 0 Å². The van der Waals surface area contributed by atoms with E-state index in [1.807, 2.05) is 0 Å². The minimum absolute atomic E-state index is 0.705. The van der Waals surface area contributed by atoms with Crippen LogP contribution in [0.5, 0.6) is 0 Å². The van der Waals surface area contributed by atoms with E-state index in [9.17, 15) is 0 Å². The molecule has 1 unspecified atom stereocenters.